The first-order valence-electron chi connectivity index (χ1n) is 6.97. The molecule has 1 aliphatic heterocycles. The topological polar surface area (TPSA) is 84.0 Å². The van der Waals surface area contributed by atoms with E-state index in [0.29, 0.717) is 0 Å². The zero-order chi connectivity index (χ0) is 17.0. The second kappa shape index (κ2) is 7.05. The molecule has 0 radical (unpaired) electrons. The van der Waals surface area contributed by atoms with Crippen LogP contribution >= 0.6 is 0 Å². The molecular formula is C14H17FN2O5S. The molecule has 0 aromatic heterocycles. The number of benzene rings is 1. The summed E-state index contributed by atoms with van der Waals surface area (Å²) in [5, 5.41) is 0. The van der Waals surface area contributed by atoms with Gasteiger partial charge < -0.3 is 9.64 Å². The predicted molar refractivity (Wildman–Crippen MR) is 78.4 cm³/mol. The van der Waals surface area contributed by atoms with Crippen LogP contribution in [0, 0.1) is 5.82 Å². The monoisotopic (exact) mass is 344 g/mol. The van der Waals surface area contributed by atoms with Crippen LogP contribution in [0.5, 0.6) is 0 Å². The van der Waals surface area contributed by atoms with Gasteiger partial charge in [0.1, 0.15) is 5.82 Å². The lowest BCUT2D eigenvalue weighted by atomic mass is 10.3. The minimum Gasteiger partial charge on any atom is -0.456 e. The number of esters is 1. The van der Waals surface area contributed by atoms with Gasteiger partial charge in [-0.1, -0.05) is 6.07 Å². The van der Waals surface area contributed by atoms with E-state index in [0.717, 1.165) is 6.07 Å². The van der Waals surface area contributed by atoms with Crippen molar-refractivity contribution in [3.63, 3.8) is 0 Å². The van der Waals surface area contributed by atoms with Crippen molar-refractivity contribution in [2.24, 2.45) is 0 Å². The smallest absolute Gasteiger partial charge is 0.303 e. The van der Waals surface area contributed by atoms with Gasteiger partial charge in [0, 0.05) is 33.1 Å². The number of ether oxygens (including phenoxy) is 1. The third-order valence-electron chi connectivity index (χ3n) is 3.42. The Bertz CT molecular complexity index is 699. The summed E-state index contributed by atoms with van der Waals surface area (Å²) in [4.78, 5) is 23.8. The molecule has 1 aromatic carbocycles. The van der Waals surface area contributed by atoms with Crippen LogP contribution in [0.2, 0.25) is 0 Å². The van der Waals surface area contributed by atoms with Crippen LogP contribution in [0.4, 0.5) is 4.39 Å². The molecule has 126 valence electrons. The first-order valence-corrected chi connectivity index (χ1v) is 8.41. The minimum absolute atomic E-state index is 0.102. The fourth-order valence-electron chi connectivity index (χ4n) is 2.21. The molecule has 0 atom stereocenters. The molecule has 0 saturated carbocycles. The maximum absolute atomic E-state index is 13.2. The van der Waals surface area contributed by atoms with Gasteiger partial charge >= 0.3 is 5.97 Å². The Hall–Kier alpha value is -2.00. The Morgan fingerprint density at radius 2 is 1.87 bits per heavy atom. The fraction of sp³-hybridized carbons (Fsp3) is 0.429. The van der Waals surface area contributed by atoms with Gasteiger partial charge in [0.25, 0.3) is 5.91 Å². The lowest BCUT2D eigenvalue weighted by Crippen LogP contribution is -2.51. The summed E-state index contributed by atoms with van der Waals surface area (Å²) in [6, 6.07) is 4.80. The number of hydrogen-bond acceptors (Lipinski definition) is 5. The van der Waals surface area contributed by atoms with E-state index >= 15 is 0 Å². The Kier molecular flexibility index (Phi) is 5.32. The van der Waals surface area contributed by atoms with Crippen molar-refractivity contribution in [2.45, 2.75) is 11.8 Å². The Morgan fingerprint density at radius 1 is 1.22 bits per heavy atom. The number of hydrogen-bond donors (Lipinski definition) is 0. The fourth-order valence-corrected chi connectivity index (χ4v) is 3.66. The van der Waals surface area contributed by atoms with Gasteiger partial charge in [-0.2, -0.15) is 4.31 Å². The van der Waals surface area contributed by atoms with E-state index in [1.165, 1.54) is 34.3 Å². The van der Waals surface area contributed by atoms with Crippen molar-refractivity contribution < 1.29 is 27.1 Å². The molecule has 1 amide bonds. The lowest BCUT2D eigenvalue weighted by Gasteiger charge is -2.33. The van der Waals surface area contributed by atoms with Crippen LogP contribution in [0.25, 0.3) is 0 Å². The molecule has 1 fully saturated rings. The van der Waals surface area contributed by atoms with Gasteiger partial charge in [-0.3, -0.25) is 9.59 Å². The lowest BCUT2D eigenvalue weighted by molar-refractivity contribution is -0.150. The third-order valence-corrected chi connectivity index (χ3v) is 5.32. The highest BCUT2D eigenvalue weighted by Gasteiger charge is 2.30. The first kappa shape index (κ1) is 17.4. The molecule has 1 heterocycles. The van der Waals surface area contributed by atoms with E-state index in [9.17, 15) is 22.4 Å². The van der Waals surface area contributed by atoms with E-state index in [1.54, 1.807) is 0 Å². The van der Waals surface area contributed by atoms with Gasteiger partial charge in [-0.25, -0.2) is 12.8 Å². The first-order chi connectivity index (χ1) is 10.8. The molecule has 7 nitrogen and oxygen atoms in total. The SMILES string of the molecule is CC(=O)OCC(=O)N1CCN(S(=O)(=O)c2cccc(F)c2)CC1. The van der Waals surface area contributed by atoms with Crippen molar-refractivity contribution in [3.8, 4) is 0 Å². The summed E-state index contributed by atoms with van der Waals surface area (Å²) in [6.07, 6.45) is 0. The molecular weight excluding hydrogens is 327 g/mol. The molecule has 0 bridgehead atoms. The summed E-state index contributed by atoms with van der Waals surface area (Å²) in [5.74, 6) is -1.55. The van der Waals surface area contributed by atoms with Gasteiger partial charge in [0.05, 0.1) is 4.90 Å². The zero-order valence-electron chi connectivity index (χ0n) is 12.6. The third kappa shape index (κ3) is 4.26. The van der Waals surface area contributed by atoms with Gasteiger partial charge in [0.15, 0.2) is 6.61 Å². The standard InChI is InChI=1S/C14H17FN2O5S/c1-11(18)22-10-14(19)16-5-7-17(8-6-16)23(20,21)13-4-2-3-12(15)9-13/h2-4,9H,5-8,10H2,1H3. The van der Waals surface area contributed by atoms with Crippen molar-refractivity contribution >= 4 is 21.9 Å². The Balaban J connectivity index is 1.98. The van der Waals surface area contributed by atoms with E-state index in [2.05, 4.69) is 4.74 Å². The highest BCUT2D eigenvalue weighted by Crippen LogP contribution is 2.18. The quantitative estimate of drug-likeness (QED) is 0.730. The summed E-state index contributed by atoms with van der Waals surface area (Å²) >= 11 is 0. The van der Waals surface area contributed by atoms with Crippen molar-refractivity contribution in [1.82, 2.24) is 9.21 Å². The van der Waals surface area contributed by atoms with Crippen molar-refractivity contribution in [2.75, 3.05) is 32.8 Å². The Labute approximate surface area is 133 Å². The molecule has 9 heteroatoms. The highest BCUT2D eigenvalue weighted by molar-refractivity contribution is 7.89. The van der Waals surface area contributed by atoms with Crippen LogP contribution in [-0.4, -0.2) is 62.3 Å². The van der Waals surface area contributed by atoms with Crippen LogP contribution in [0.15, 0.2) is 29.2 Å². The molecule has 1 saturated heterocycles. The van der Waals surface area contributed by atoms with Crippen LogP contribution < -0.4 is 0 Å². The summed E-state index contributed by atoms with van der Waals surface area (Å²) < 4.78 is 43.9. The number of rotatable bonds is 4. The van der Waals surface area contributed by atoms with E-state index < -0.39 is 21.8 Å². The molecule has 1 aliphatic rings. The van der Waals surface area contributed by atoms with Crippen LogP contribution in [-0.2, 0) is 24.3 Å². The van der Waals surface area contributed by atoms with E-state index in [1.807, 2.05) is 0 Å². The number of halogens is 1. The highest BCUT2D eigenvalue weighted by atomic mass is 32.2. The van der Waals surface area contributed by atoms with Gasteiger partial charge in [-0.05, 0) is 18.2 Å². The number of carbonyl (C=O) groups excluding carboxylic acids is 2. The van der Waals surface area contributed by atoms with Crippen LogP contribution in [0.1, 0.15) is 6.92 Å². The maximum Gasteiger partial charge on any atom is 0.303 e. The Morgan fingerprint density at radius 3 is 2.43 bits per heavy atom. The molecule has 0 unspecified atom stereocenters. The van der Waals surface area contributed by atoms with Crippen molar-refractivity contribution in [1.29, 1.82) is 0 Å². The second-order valence-corrected chi connectivity index (χ2v) is 6.96. The number of sulfonamides is 1. The number of nitrogens with zero attached hydrogens (tertiary/aromatic N) is 2. The molecule has 0 N–H and O–H groups in total. The van der Waals surface area contributed by atoms with Crippen molar-refractivity contribution in [3.05, 3.63) is 30.1 Å². The average molecular weight is 344 g/mol. The number of amides is 1. The zero-order valence-corrected chi connectivity index (χ0v) is 13.4. The summed E-state index contributed by atoms with van der Waals surface area (Å²) in [7, 11) is -3.79. The second-order valence-electron chi connectivity index (χ2n) is 5.02. The van der Waals surface area contributed by atoms with E-state index in [4.69, 9.17) is 0 Å². The number of carbonyl (C=O) groups is 2. The predicted octanol–water partition coefficient (Wildman–Crippen LogP) is 0.222. The van der Waals surface area contributed by atoms with Gasteiger partial charge in [-0.15, -0.1) is 0 Å². The normalized spacial score (nSPS) is 16.2. The van der Waals surface area contributed by atoms with Crippen LogP contribution in [0.3, 0.4) is 0 Å². The minimum atomic E-state index is -3.79. The summed E-state index contributed by atoms with van der Waals surface area (Å²) in [5.41, 5.74) is 0. The molecule has 0 aliphatic carbocycles. The van der Waals surface area contributed by atoms with E-state index in [-0.39, 0.29) is 43.6 Å². The molecule has 23 heavy (non-hydrogen) atoms. The van der Waals surface area contributed by atoms with Gasteiger partial charge in [0.2, 0.25) is 10.0 Å². The molecule has 1 aromatic rings. The maximum atomic E-state index is 13.2. The molecule has 0 spiro atoms. The average Bonchev–Trinajstić information content (AvgIpc) is 2.52. The molecule has 2 rings (SSSR count). The largest absolute Gasteiger partial charge is 0.456 e. The number of piperazine rings is 1. The summed E-state index contributed by atoms with van der Waals surface area (Å²) in [6.45, 7) is 1.43.